The van der Waals surface area contributed by atoms with Crippen LogP contribution in [0.3, 0.4) is 0 Å². The molecule has 1 fully saturated rings. The minimum atomic E-state index is -0.125. The lowest BCUT2D eigenvalue weighted by atomic mass is 9.99. The Bertz CT molecular complexity index is 603. The monoisotopic (exact) mass is 315 g/mol. The Hall–Kier alpha value is -2.39. The molecule has 1 aromatic carbocycles. The number of carbonyl (C=O) groups is 2. The van der Waals surface area contributed by atoms with Gasteiger partial charge >= 0.3 is 0 Å². The molecule has 0 saturated carbocycles. The van der Waals surface area contributed by atoms with Crippen molar-refractivity contribution in [2.75, 3.05) is 31.2 Å². The van der Waals surface area contributed by atoms with E-state index in [1.54, 1.807) is 29.2 Å². The molecule has 0 bridgehead atoms. The molecule has 23 heavy (non-hydrogen) atoms. The number of nitriles is 1. The first-order chi connectivity index (χ1) is 11.1. The van der Waals surface area contributed by atoms with E-state index in [1.165, 1.54) is 6.92 Å². The van der Waals surface area contributed by atoms with Gasteiger partial charge in [0.1, 0.15) is 0 Å². The number of nitrogens with one attached hydrogen (secondary N) is 1. The van der Waals surface area contributed by atoms with Crippen molar-refractivity contribution < 1.29 is 14.3 Å². The number of hydrogen-bond acceptors (Lipinski definition) is 4. The van der Waals surface area contributed by atoms with Gasteiger partial charge in [0.05, 0.1) is 11.6 Å². The van der Waals surface area contributed by atoms with Crippen molar-refractivity contribution in [2.24, 2.45) is 5.92 Å². The SMILES string of the molecule is CC(=O)N(CCNC(=O)C1CCOCC1)c1cccc(C#N)c1. The third-order valence-electron chi connectivity index (χ3n) is 3.89. The molecule has 2 rings (SSSR count). The lowest BCUT2D eigenvalue weighted by Gasteiger charge is -2.24. The fourth-order valence-corrected chi connectivity index (χ4v) is 2.61. The molecule has 0 spiro atoms. The smallest absolute Gasteiger partial charge is 0.223 e. The summed E-state index contributed by atoms with van der Waals surface area (Å²) in [7, 11) is 0. The zero-order valence-electron chi connectivity index (χ0n) is 13.2. The van der Waals surface area contributed by atoms with Crippen molar-refractivity contribution in [2.45, 2.75) is 19.8 Å². The molecule has 122 valence electrons. The fourth-order valence-electron chi connectivity index (χ4n) is 2.61. The van der Waals surface area contributed by atoms with Crippen LogP contribution in [0.1, 0.15) is 25.3 Å². The zero-order valence-corrected chi connectivity index (χ0v) is 13.2. The Morgan fingerprint density at radius 2 is 2.13 bits per heavy atom. The summed E-state index contributed by atoms with van der Waals surface area (Å²) >= 11 is 0. The summed E-state index contributed by atoms with van der Waals surface area (Å²) in [6.45, 7) is 3.47. The molecule has 0 atom stereocenters. The second-order valence-electron chi connectivity index (χ2n) is 5.51. The van der Waals surface area contributed by atoms with E-state index in [0.717, 1.165) is 12.8 Å². The molecule has 6 nitrogen and oxygen atoms in total. The number of ether oxygens (including phenoxy) is 1. The number of hydrogen-bond donors (Lipinski definition) is 1. The molecule has 0 radical (unpaired) electrons. The summed E-state index contributed by atoms with van der Waals surface area (Å²) in [5.41, 5.74) is 1.16. The molecule has 1 aliphatic heterocycles. The van der Waals surface area contributed by atoms with Crippen molar-refractivity contribution in [3.05, 3.63) is 29.8 Å². The van der Waals surface area contributed by atoms with Crippen LogP contribution in [0.15, 0.2) is 24.3 Å². The Balaban J connectivity index is 1.91. The van der Waals surface area contributed by atoms with Crippen LogP contribution in [0.25, 0.3) is 0 Å². The Labute approximate surface area is 136 Å². The van der Waals surface area contributed by atoms with E-state index in [1.807, 2.05) is 0 Å². The highest BCUT2D eigenvalue weighted by molar-refractivity contribution is 5.91. The van der Waals surface area contributed by atoms with Gasteiger partial charge in [0.25, 0.3) is 0 Å². The first kappa shape index (κ1) is 17.0. The molecule has 0 aliphatic carbocycles. The second-order valence-corrected chi connectivity index (χ2v) is 5.51. The van der Waals surface area contributed by atoms with Crippen molar-refractivity contribution in [1.29, 1.82) is 5.26 Å². The standard InChI is InChI=1S/C17H21N3O3/c1-13(21)20(16-4-2-3-14(11-16)12-18)8-7-19-17(22)15-5-9-23-10-6-15/h2-4,11,15H,5-10H2,1H3,(H,19,22). The van der Waals surface area contributed by atoms with Gasteiger partial charge in [-0.15, -0.1) is 0 Å². The average molecular weight is 315 g/mol. The Morgan fingerprint density at radius 3 is 2.78 bits per heavy atom. The van der Waals surface area contributed by atoms with Gasteiger partial charge in [-0.1, -0.05) is 6.07 Å². The molecule has 1 aromatic rings. The summed E-state index contributed by atoms with van der Waals surface area (Å²) in [6, 6.07) is 8.94. The van der Waals surface area contributed by atoms with Crippen LogP contribution in [-0.2, 0) is 14.3 Å². The number of anilines is 1. The summed E-state index contributed by atoms with van der Waals surface area (Å²) in [5.74, 6) is -0.112. The topological polar surface area (TPSA) is 82.4 Å². The third kappa shape index (κ3) is 4.80. The summed E-state index contributed by atoms with van der Waals surface area (Å²) < 4.78 is 5.24. The molecular formula is C17H21N3O3. The van der Waals surface area contributed by atoms with Crippen molar-refractivity contribution >= 4 is 17.5 Å². The van der Waals surface area contributed by atoms with Gasteiger partial charge in [-0.3, -0.25) is 9.59 Å². The predicted octanol–water partition coefficient (Wildman–Crippen LogP) is 1.45. The van der Waals surface area contributed by atoms with Gasteiger partial charge in [-0.2, -0.15) is 5.26 Å². The van der Waals surface area contributed by atoms with E-state index in [9.17, 15) is 9.59 Å². The second kappa shape index (κ2) is 8.30. The van der Waals surface area contributed by atoms with Crippen LogP contribution in [-0.4, -0.2) is 38.1 Å². The van der Waals surface area contributed by atoms with E-state index in [-0.39, 0.29) is 17.7 Å². The molecule has 0 unspecified atom stereocenters. The summed E-state index contributed by atoms with van der Waals surface area (Å²) in [6.07, 6.45) is 1.49. The summed E-state index contributed by atoms with van der Waals surface area (Å²) in [5, 5.41) is 11.8. The highest BCUT2D eigenvalue weighted by atomic mass is 16.5. The van der Waals surface area contributed by atoms with Crippen LogP contribution in [0, 0.1) is 17.2 Å². The van der Waals surface area contributed by atoms with Crippen molar-refractivity contribution in [3.63, 3.8) is 0 Å². The van der Waals surface area contributed by atoms with Crippen molar-refractivity contribution in [1.82, 2.24) is 5.32 Å². The maximum atomic E-state index is 12.1. The molecule has 0 aromatic heterocycles. The van der Waals surface area contributed by atoms with E-state index >= 15 is 0 Å². The highest BCUT2D eigenvalue weighted by Gasteiger charge is 2.21. The summed E-state index contributed by atoms with van der Waals surface area (Å²) in [4.78, 5) is 25.5. The zero-order chi connectivity index (χ0) is 16.7. The maximum Gasteiger partial charge on any atom is 0.223 e. The number of rotatable bonds is 5. The maximum absolute atomic E-state index is 12.1. The van der Waals surface area contributed by atoms with Crippen LogP contribution in [0.2, 0.25) is 0 Å². The average Bonchev–Trinajstić information content (AvgIpc) is 2.59. The molecule has 1 heterocycles. The number of benzene rings is 1. The normalized spacial score (nSPS) is 14.8. The number of amides is 2. The van der Waals surface area contributed by atoms with Crippen LogP contribution < -0.4 is 10.2 Å². The number of nitrogens with zero attached hydrogens (tertiary/aromatic N) is 2. The largest absolute Gasteiger partial charge is 0.381 e. The molecule has 6 heteroatoms. The molecule has 2 amide bonds. The Kier molecular flexibility index (Phi) is 6.12. The molecule has 1 N–H and O–H groups in total. The Morgan fingerprint density at radius 1 is 1.39 bits per heavy atom. The highest BCUT2D eigenvalue weighted by Crippen LogP contribution is 2.16. The third-order valence-corrected chi connectivity index (χ3v) is 3.89. The van der Waals surface area contributed by atoms with Gasteiger partial charge in [-0.05, 0) is 31.0 Å². The first-order valence-corrected chi connectivity index (χ1v) is 7.75. The van der Waals surface area contributed by atoms with Gasteiger partial charge in [0.15, 0.2) is 0 Å². The van der Waals surface area contributed by atoms with Gasteiger partial charge < -0.3 is 15.0 Å². The van der Waals surface area contributed by atoms with Crippen molar-refractivity contribution in [3.8, 4) is 6.07 Å². The lowest BCUT2D eigenvalue weighted by molar-refractivity contribution is -0.127. The fraction of sp³-hybridized carbons (Fsp3) is 0.471. The van der Waals surface area contributed by atoms with E-state index in [4.69, 9.17) is 10.00 Å². The number of carbonyl (C=O) groups excluding carboxylic acids is 2. The lowest BCUT2D eigenvalue weighted by Crippen LogP contribution is -2.40. The quantitative estimate of drug-likeness (QED) is 0.891. The van der Waals surface area contributed by atoms with E-state index < -0.39 is 0 Å². The predicted molar refractivity (Wildman–Crippen MR) is 85.7 cm³/mol. The van der Waals surface area contributed by atoms with Crippen LogP contribution >= 0.6 is 0 Å². The minimum absolute atomic E-state index is 0.00329. The van der Waals surface area contributed by atoms with Gasteiger partial charge in [0.2, 0.25) is 11.8 Å². The van der Waals surface area contributed by atoms with Gasteiger partial charge in [0, 0.05) is 44.8 Å². The first-order valence-electron chi connectivity index (χ1n) is 7.75. The van der Waals surface area contributed by atoms with E-state index in [2.05, 4.69) is 11.4 Å². The minimum Gasteiger partial charge on any atom is -0.381 e. The molecule has 1 aliphatic rings. The molecule has 1 saturated heterocycles. The van der Waals surface area contributed by atoms with Gasteiger partial charge in [-0.25, -0.2) is 0 Å². The van der Waals surface area contributed by atoms with E-state index in [0.29, 0.717) is 37.6 Å². The van der Waals surface area contributed by atoms with Crippen LogP contribution in [0.4, 0.5) is 5.69 Å². The van der Waals surface area contributed by atoms with Crippen LogP contribution in [0.5, 0.6) is 0 Å². The molecular weight excluding hydrogens is 294 g/mol.